The first kappa shape index (κ1) is 10.9. The lowest BCUT2D eigenvalue weighted by atomic mass is 9.99. The number of rotatable bonds is 5. The number of ether oxygens (including phenoxy) is 1. The molecule has 0 spiro atoms. The standard InChI is InChI=1S/C11H20N2O2/c14-11(5-10-6-12-7-10)13-3-1-9-2-4-15-8-9/h9-10,12H,1-8H2,(H,13,14). The van der Waals surface area contributed by atoms with E-state index in [-0.39, 0.29) is 5.91 Å². The zero-order chi connectivity index (χ0) is 10.5. The third kappa shape index (κ3) is 3.47. The summed E-state index contributed by atoms with van der Waals surface area (Å²) in [5.41, 5.74) is 0. The Morgan fingerprint density at radius 2 is 2.27 bits per heavy atom. The molecule has 2 rings (SSSR count). The van der Waals surface area contributed by atoms with Gasteiger partial charge in [0.1, 0.15) is 0 Å². The number of nitrogens with one attached hydrogen (secondary N) is 2. The average molecular weight is 212 g/mol. The number of hydrogen-bond acceptors (Lipinski definition) is 3. The lowest BCUT2D eigenvalue weighted by Crippen LogP contribution is -2.44. The maximum absolute atomic E-state index is 11.4. The Labute approximate surface area is 90.8 Å². The maximum Gasteiger partial charge on any atom is 0.220 e. The van der Waals surface area contributed by atoms with Crippen molar-refractivity contribution in [2.45, 2.75) is 19.3 Å². The minimum Gasteiger partial charge on any atom is -0.381 e. The Morgan fingerprint density at radius 3 is 2.87 bits per heavy atom. The molecule has 0 saturated carbocycles. The normalized spacial score (nSPS) is 26.3. The fourth-order valence-corrected chi connectivity index (χ4v) is 2.05. The molecule has 0 radical (unpaired) electrons. The van der Waals surface area contributed by atoms with E-state index in [2.05, 4.69) is 10.6 Å². The molecule has 4 nitrogen and oxygen atoms in total. The molecule has 0 aliphatic carbocycles. The van der Waals surface area contributed by atoms with Crippen LogP contribution in [0.25, 0.3) is 0 Å². The summed E-state index contributed by atoms with van der Waals surface area (Å²) in [6.45, 7) is 4.59. The molecule has 2 N–H and O–H groups in total. The molecule has 1 atom stereocenters. The summed E-state index contributed by atoms with van der Waals surface area (Å²) >= 11 is 0. The van der Waals surface area contributed by atoms with E-state index in [1.165, 1.54) is 0 Å². The molecule has 0 aromatic carbocycles. The van der Waals surface area contributed by atoms with E-state index >= 15 is 0 Å². The predicted octanol–water partition coefficient (Wildman–Crippen LogP) is 0.139. The van der Waals surface area contributed by atoms with Gasteiger partial charge in [-0.05, 0) is 37.8 Å². The van der Waals surface area contributed by atoms with Crippen LogP contribution in [0, 0.1) is 11.8 Å². The van der Waals surface area contributed by atoms with Crippen molar-refractivity contribution in [1.29, 1.82) is 0 Å². The van der Waals surface area contributed by atoms with Gasteiger partial charge in [-0.15, -0.1) is 0 Å². The Hall–Kier alpha value is -0.610. The molecule has 1 unspecified atom stereocenters. The van der Waals surface area contributed by atoms with Gasteiger partial charge in [0.05, 0.1) is 0 Å². The number of amides is 1. The molecule has 2 fully saturated rings. The summed E-state index contributed by atoms with van der Waals surface area (Å²) < 4.78 is 5.28. The second-order valence-electron chi connectivity index (χ2n) is 4.60. The SMILES string of the molecule is O=C(CC1CNC1)NCCC1CCOC1. The summed E-state index contributed by atoms with van der Waals surface area (Å²) in [4.78, 5) is 11.4. The van der Waals surface area contributed by atoms with Crippen LogP contribution in [0.1, 0.15) is 19.3 Å². The highest BCUT2D eigenvalue weighted by Gasteiger charge is 2.20. The quantitative estimate of drug-likeness (QED) is 0.681. The topological polar surface area (TPSA) is 50.4 Å². The van der Waals surface area contributed by atoms with E-state index in [1.807, 2.05) is 0 Å². The average Bonchev–Trinajstić information content (AvgIpc) is 2.64. The molecular weight excluding hydrogens is 192 g/mol. The highest BCUT2D eigenvalue weighted by molar-refractivity contribution is 5.76. The van der Waals surface area contributed by atoms with Gasteiger partial charge < -0.3 is 15.4 Å². The summed E-state index contributed by atoms with van der Waals surface area (Å²) in [5, 5.41) is 6.16. The van der Waals surface area contributed by atoms with Gasteiger partial charge in [0.2, 0.25) is 5.91 Å². The Bertz CT molecular complexity index is 211. The highest BCUT2D eigenvalue weighted by Crippen LogP contribution is 2.15. The third-order valence-electron chi connectivity index (χ3n) is 3.24. The molecule has 0 aromatic rings. The summed E-state index contributed by atoms with van der Waals surface area (Å²) in [6.07, 6.45) is 2.91. The molecular formula is C11H20N2O2. The van der Waals surface area contributed by atoms with Crippen LogP contribution in [0.15, 0.2) is 0 Å². The molecule has 86 valence electrons. The van der Waals surface area contributed by atoms with Crippen molar-refractivity contribution < 1.29 is 9.53 Å². The first-order valence-corrected chi connectivity index (χ1v) is 5.90. The van der Waals surface area contributed by atoms with Crippen LogP contribution in [0.2, 0.25) is 0 Å². The molecule has 0 aromatic heterocycles. The maximum atomic E-state index is 11.4. The van der Waals surface area contributed by atoms with Gasteiger partial charge in [0, 0.05) is 26.2 Å². The van der Waals surface area contributed by atoms with E-state index in [0.29, 0.717) is 18.3 Å². The number of carbonyl (C=O) groups is 1. The Morgan fingerprint density at radius 1 is 1.40 bits per heavy atom. The molecule has 2 saturated heterocycles. The monoisotopic (exact) mass is 212 g/mol. The van der Waals surface area contributed by atoms with Gasteiger partial charge in [-0.1, -0.05) is 0 Å². The van der Waals surface area contributed by atoms with Gasteiger partial charge in [-0.3, -0.25) is 4.79 Å². The fourth-order valence-electron chi connectivity index (χ4n) is 2.05. The van der Waals surface area contributed by atoms with E-state index in [1.54, 1.807) is 0 Å². The minimum absolute atomic E-state index is 0.209. The predicted molar refractivity (Wildman–Crippen MR) is 57.5 cm³/mol. The molecule has 0 bridgehead atoms. The summed E-state index contributed by atoms with van der Waals surface area (Å²) in [6, 6.07) is 0. The molecule has 2 aliphatic rings. The van der Waals surface area contributed by atoms with Crippen LogP contribution in [0.4, 0.5) is 0 Å². The second-order valence-corrected chi connectivity index (χ2v) is 4.60. The summed E-state index contributed by atoms with van der Waals surface area (Å²) in [5.74, 6) is 1.44. The second kappa shape index (κ2) is 5.47. The van der Waals surface area contributed by atoms with Crippen molar-refractivity contribution in [2.75, 3.05) is 32.8 Å². The zero-order valence-corrected chi connectivity index (χ0v) is 9.13. The van der Waals surface area contributed by atoms with Crippen molar-refractivity contribution in [3.05, 3.63) is 0 Å². The van der Waals surface area contributed by atoms with E-state index in [4.69, 9.17) is 4.74 Å². The van der Waals surface area contributed by atoms with E-state index in [9.17, 15) is 4.79 Å². The summed E-state index contributed by atoms with van der Waals surface area (Å²) in [7, 11) is 0. The Kier molecular flexibility index (Phi) is 3.97. The van der Waals surface area contributed by atoms with Gasteiger partial charge in [-0.2, -0.15) is 0 Å². The van der Waals surface area contributed by atoms with Gasteiger partial charge in [0.15, 0.2) is 0 Å². The number of hydrogen-bond donors (Lipinski definition) is 2. The van der Waals surface area contributed by atoms with E-state index in [0.717, 1.165) is 45.7 Å². The van der Waals surface area contributed by atoms with Crippen molar-refractivity contribution in [3.8, 4) is 0 Å². The van der Waals surface area contributed by atoms with E-state index < -0.39 is 0 Å². The zero-order valence-electron chi connectivity index (χ0n) is 9.13. The highest BCUT2D eigenvalue weighted by atomic mass is 16.5. The third-order valence-corrected chi connectivity index (χ3v) is 3.24. The van der Waals surface area contributed by atoms with Gasteiger partial charge >= 0.3 is 0 Å². The molecule has 15 heavy (non-hydrogen) atoms. The molecule has 2 aliphatic heterocycles. The smallest absolute Gasteiger partial charge is 0.220 e. The lowest BCUT2D eigenvalue weighted by Gasteiger charge is -2.26. The van der Waals surface area contributed by atoms with Crippen molar-refractivity contribution in [2.24, 2.45) is 11.8 Å². The fraction of sp³-hybridized carbons (Fsp3) is 0.909. The van der Waals surface area contributed by atoms with Crippen molar-refractivity contribution in [1.82, 2.24) is 10.6 Å². The molecule has 4 heteroatoms. The van der Waals surface area contributed by atoms with Crippen LogP contribution < -0.4 is 10.6 Å². The van der Waals surface area contributed by atoms with Crippen molar-refractivity contribution >= 4 is 5.91 Å². The van der Waals surface area contributed by atoms with Gasteiger partial charge in [-0.25, -0.2) is 0 Å². The van der Waals surface area contributed by atoms with Crippen LogP contribution in [0.5, 0.6) is 0 Å². The lowest BCUT2D eigenvalue weighted by molar-refractivity contribution is -0.122. The number of carbonyl (C=O) groups excluding carboxylic acids is 1. The van der Waals surface area contributed by atoms with Crippen LogP contribution in [-0.2, 0) is 9.53 Å². The Balaban J connectivity index is 1.50. The van der Waals surface area contributed by atoms with Crippen LogP contribution >= 0.6 is 0 Å². The molecule has 1 amide bonds. The van der Waals surface area contributed by atoms with Gasteiger partial charge in [0.25, 0.3) is 0 Å². The largest absolute Gasteiger partial charge is 0.381 e. The van der Waals surface area contributed by atoms with Crippen molar-refractivity contribution in [3.63, 3.8) is 0 Å². The van der Waals surface area contributed by atoms with Crippen LogP contribution in [-0.4, -0.2) is 38.8 Å². The first-order chi connectivity index (χ1) is 7.34. The first-order valence-electron chi connectivity index (χ1n) is 5.90. The minimum atomic E-state index is 0.209. The molecule has 2 heterocycles. The van der Waals surface area contributed by atoms with Crippen LogP contribution in [0.3, 0.4) is 0 Å².